The highest BCUT2D eigenvalue weighted by Crippen LogP contribution is 2.32. The predicted octanol–water partition coefficient (Wildman–Crippen LogP) is 4.90. The van der Waals surface area contributed by atoms with Crippen LogP contribution >= 0.6 is 0 Å². The van der Waals surface area contributed by atoms with Crippen molar-refractivity contribution in [2.24, 2.45) is 0 Å². The van der Waals surface area contributed by atoms with Gasteiger partial charge >= 0.3 is 0 Å². The maximum Gasteiger partial charge on any atom is 0.126 e. The topological polar surface area (TPSA) is 21.3 Å². The number of allylic oxidation sites excluding steroid dienone is 1. The van der Waals surface area contributed by atoms with E-state index in [0.717, 1.165) is 18.8 Å². The quantitative estimate of drug-likeness (QED) is 0.802. The van der Waals surface area contributed by atoms with Crippen LogP contribution in [0.3, 0.4) is 0 Å². The molecule has 2 nitrogen and oxygen atoms in total. The largest absolute Gasteiger partial charge is 0.496 e. The molecule has 2 aliphatic rings. The SMILES string of the molecule is COc1ccc(C2CCNCC2)cc1C=C1CCCCCC1. The van der Waals surface area contributed by atoms with Crippen LogP contribution in [0.25, 0.3) is 6.08 Å². The predicted molar refractivity (Wildman–Crippen MR) is 93.5 cm³/mol. The molecule has 22 heavy (non-hydrogen) atoms. The summed E-state index contributed by atoms with van der Waals surface area (Å²) in [5.41, 5.74) is 4.39. The Morgan fingerprint density at radius 1 is 1.05 bits per heavy atom. The molecule has 1 saturated carbocycles. The van der Waals surface area contributed by atoms with E-state index in [-0.39, 0.29) is 0 Å². The molecule has 0 atom stereocenters. The van der Waals surface area contributed by atoms with Gasteiger partial charge in [0.2, 0.25) is 0 Å². The van der Waals surface area contributed by atoms with Crippen molar-refractivity contribution in [2.75, 3.05) is 20.2 Å². The van der Waals surface area contributed by atoms with Gasteiger partial charge in [0.15, 0.2) is 0 Å². The van der Waals surface area contributed by atoms with Gasteiger partial charge in [-0.3, -0.25) is 0 Å². The Labute approximate surface area is 135 Å². The molecular weight excluding hydrogens is 270 g/mol. The van der Waals surface area contributed by atoms with Crippen molar-refractivity contribution < 1.29 is 4.74 Å². The van der Waals surface area contributed by atoms with Crippen molar-refractivity contribution in [2.45, 2.75) is 57.3 Å². The molecule has 3 rings (SSSR count). The van der Waals surface area contributed by atoms with E-state index in [1.807, 2.05) is 0 Å². The summed E-state index contributed by atoms with van der Waals surface area (Å²) >= 11 is 0. The van der Waals surface area contributed by atoms with Crippen LogP contribution in [-0.4, -0.2) is 20.2 Å². The second-order valence-electron chi connectivity index (χ2n) is 6.74. The highest BCUT2D eigenvalue weighted by molar-refractivity contribution is 5.61. The molecule has 1 N–H and O–H groups in total. The molecule has 1 heterocycles. The van der Waals surface area contributed by atoms with Crippen LogP contribution in [0.1, 0.15) is 68.4 Å². The first-order valence-corrected chi connectivity index (χ1v) is 8.95. The molecule has 0 bridgehead atoms. The summed E-state index contributed by atoms with van der Waals surface area (Å²) in [6.45, 7) is 2.29. The van der Waals surface area contributed by atoms with Crippen LogP contribution in [0.2, 0.25) is 0 Å². The lowest BCUT2D eigenvalue weighted by atomic mass is 9.88. The smallest absolute Gasteiger partial charge is 0.126 e. The molecule has 1 aromatic rings. The molecule has 120 valence electrons. The monoisotopic (exact) mass is 299 g/mol. The van der Waals surface area contributed by atoms with E-state index in [0.29, 0.717) is 5.92 Å². The zero-order valence-electron chi connectivity index (χ0n) is 13.9. The van der Waals surface area contributed by atoms with Gasteiger partial charge < -0.3 is 10.1 Å². The molecule has 0 radical (unpaired) electrons. The third-order valence-electron chi connectivity index (χ3n) is 5.17. The van der Waals surface area contributed by atoms with Crippen LogP contribution in [0.5, 0.6) is 5.75 Å². The summed E-state index contributed by atoms with van der Waals surface area (Å²) in [6.07, 6.45) is 12.9. The Hall–Kier alpha value is -1.28. The Morgan fingerprint density at radius 2 is 1.77 bits per heavy atom. The van der Waals surface area contributed by atoms with Gasteiger partial charge in [-0.05, 0) is 75.2 Å². The summed E-state index contributed by atoms with van der Waals surface area (Å²) < 4.78 is 5.60. The molecule has 0 unspecified atom stereocenters. The van der Waals surface area contributed by atoms with Gasteiger partial charge in [-0.2, -0.15) is 0 Å². The molecule has 1 aromatic carbocycles. The van der Waals surface area contributed by atoms with Crippen LogP contribution in [0.4, 0.5) is 0 Å². The molecule has 2 fully saturated rings. The second kappa shape index (κ2) is 7.82. The number of piperidine rings is 1. The van der Waals surface area contributed by atoms with Crippen LogP contribution < -0.4 is 10.1 Å². The Bertz CT molecular complexity index is 504. The van der Waals surface area contributed by atoms with E-state index in [4.69, 9.17) is 4.74 Å². The summed E-state index contributed by atoms with van der Waals surface area (Å²) in [5.74, 6) is 1.73. The third-order valence-corrected chi connectivity index (χ3v) is 5.17. The Morgan fingerprint density at radius 3 is 2.45 bits per heavy atom. The lowest BCUT2D eigenvalue weighted by molar-refractivity contribution is 0.412. The van der Waals surface area contributed by atoms with Gasteiger partial charge in [0, 0.05) is 5.56 Å². The van der Waals surface area contributed by atoms with Gasteiger partial charge in [-0.25, -0.2) is 0 Å². The first-order chi connectivity index (χ1) is 10.9. The highest BCUT2D eigenvalue weighted by atomic mass is 16.5. The van der Waals surface area contributed by atoms with Gasteiger partial charge in [-0.1, -0.05) is 30.6 Å². The van der Waals surface area contributed by atoms with Gasteiger partial charge in [0.05, 0.1) is 7.11 Å². The summed E-state index contributed by atoms with van der Waals surface area (Å²) in [4.78, 5) is 0. The number of ether oxygens (including phenoxy) is 1. The number of hydrogen-bond acceptors (Lipinski definition) is 2. The lowest BCUT2D eigenvalue weighted by Gasteiger charge is -2.23. The number of benzene rings is 1. The van der Waals surface area contributed by atoms with Crippen molar-refractivity contribution in [1.29, 1.82) is 0 Å². The fraction of sp³-hybridized carbons (Fsp3) is 0.600. The number of hydrogen-bond donors (Lipinski definition) is 1. The Balaban J connectivity index is 1.85. The van der Waals surface area contributed by atoms with Crippen LogP contribution in [-0.2, 0) is 0 Å². The minimum Gasteiger partial charge on any atom is -0.496 e. The first-order valence-electron chi connectivity index (χ1n) is 8.95. The van der Waals surface area contributed by atoms with Crippen molar-refractivity contribution in [3.05, 3.63) is 34.9 Å². The number of rotatable bonds is 3. The standard InChI is InChI=1S/C20H29NO/c1-22-20-9-8-18(17-10-12-21-13-11-17)15-19(20)14-16-6-4-2-3-5-7-16/h8-9,14-15,17,21H,2-7,10-13H2,1H3. The molecule has 1 aliphatic carbocycles. The van der Waals surface area contributed by atoms with E-state index in [2.05, 4.69) is 29.6 Å². The molecule has 1 aliphatic heterocycles. The lowest BCUT2D eigenvalue weighted by Crippen LogP contribution is -2.26. The molecule has 2 heteroatoms. The maximum absolute atomic E-state index is 5.60. The first kappa shape index (κ1) is 15.6. The van der Waals surface area contributed by atoms with Crippen molar-refractivity contribution in [1.82, 2.24) is 5.32 Å². The van der Waals surface area contributed by atoms with E-state index in [1.165, 1.54) is 62.5 Å². The van der Waals surface area contributed by atoms with Crippen molar-refractivity contribution in [3.8, 4) is 5.75 Å². The van der Waals surface area contributed by atoms with Crippen LogP contribution in [0.15, 0.2) is 23.8 Å². The van der Waals surface area contributed by atoms with Gasteiger partial charge in [0.25, 0.3) is 0 Å². The fourth-order valence-electron chi connectivity index (χ4n) is 3.82. The zero-order valence-corrected chi connectivity index (χ0v) is 13.9. The average Bonchev–Trinajstić information content (AvgIpc) is 2.84. The van der Waals surface area contributed by atoms with E-state index < -0.39 is 0 Å². The average molecular weight is 299 g/mol. The normalized spacial score (nSPS) is 20.5. The number of methoxy groups -OCH3 is 1. The summed E-state index contributed by atoms with van der Waals surface area (Å²) in [6, 6.07) is 6.82. The second-order valence-corrected chi connectivity index (χ2v) is 6.74. The van der Waals surface area contributed by atoms with Gasteiger partial charge in [-0.15, -0.1) is 0 Å². The van der Waals surface area contributed by atoms with Gasteiger partial charge in [0.1, 0.15) is 5.75 Å². The zero-order chi connectivity index (χ0) is 15.2. The highest BCUT2D eigenvalue weighted by Gasteiger charge is 2.16. The van der Waals surface area contributed by atoms with E-state index >= 15 is 0 Å². The molecule has 0 aromatic heterocycles. The van der Waals surface area contributed by atoms with Crippen molar-refractivity contribution in [3.63, 3.8) is 0 Å². The third kappa shape index (κ3) is 3.92. The molecule has 1 saturated heterocycles. The Kier molecular flexibility index (Phi) is 5.55. The molecule has 0 spiro atoms. The number of nitrogens with one attached hydrogen (secondary N) is 1. The fourth-order valence-corrected chi connectivity index (χ4v) is 3.82. The summed E-state index contributed by atoms with van der Waals surface area (Å²) in [5, 5.41) is 3.46. The van der Waals surface area contributed by atoms with E-state index in [9.17, 15) is 0 Å². The summed E-state index contributed by atoms with van der Waals surface area (Å²) in [7, 11) is 1.79. The minimum atomic E-state index is 0.707. The molecular formula is C20H29NO. The van der Waals surface area contributed by atoms with E-state index in [1.54, 1.807) is 12.7 Å². The van der Waals surface area contributed by atoms with Crippen LogP contribution in [0, 0.1) is 0 Å². The minimum absolute atomic E-state index is 0.707. The van der Waals surface area contributed by atoms with Crippen molar-refractivity contribution >= 4 is 6.08 Å². The maximum atomic E-state index is 5.60. The molecule has 0 amide bonds.